The normalized spacial score (nSPS) is 14.9. The monoisotopic (exact) mass is 487 g/mol. The van der Waals surface area contributed by atoms with Crippen LogP contribution in [0.5, 0.6) is 0 Å². The molecule has 1 N–H and O–H groups in total. The first-order valence-electron chi connectivity index (χ1n) is 11.2. The second-order valence-corrected chi connectivity index (χ2v) is 8.61. The number of aryl methyl sites for hydroxylation is 2. The zero-order valence-electron chi connectivity index (χ0n) is 19.9. The van der Waals surface area contributed by atoms with E-state index < -0.39 is 17.8 Å². The van der Waals surface area contributed by atoms with E-state index in [1.54, 1.807) is 43.3 Å². The van der Waals surface area contributed by atoms with E-state index in [0.29, 0.717) is 23.4 Å². The summed E-state index contributed by atoms with van der Waals surface area (Å²) >= 11 is 5.28. The molecular formula is C27H25N3O4S. The summed E-state index contributed by atoms with van der Waals surface area (Å²) in [6.45, 7) is 7.82. The summed E-state index contributed by atoms with van der Waals surface area (Å²) in [6.07, 6.45) is 1.58. The van der Waals surface area contributed by atoms with Crippen molar-refractivity contribution in [3.8, 4) is 5.69 Å². The molecule has 1 aromatic heterocycles. The van der Waals surface area contributed by atoms with E-state index in [2.05, 4.69) is 5.32 Å². The van der Waals surface area contributed by atoms with E-state index in [9.17, 15) is 14.4 Å². The lowest BCUT2D eigenvalue weighted by molar-refractivity contribution is -0.122. The highest BCUT2D eigenvalue weighted by Gasteiger charge is 2.34. The number of carbonyl (C=O) groups is 3. The molecule has 0 unspecified atom stereocenters. The van der Waals surface area contributed by atoms with E-state index in [0.717, 1.165) is 22.6 Å². The molecule has 4 rings (SSSR count). The molecule has 2 aromatic carbocycles. The molecule has 0 spiro atoms. The fraction of sp³-hybridized carbons (Fsp3) is 0.185. The highest BCUT2D eigenvalue weighted by atomic mass is 32.1. The summed E-state index contributed by atoms with van der Waals surface area (Å²) in [7, 11) is 0. The van der Waals surface area contributed by atoms with Crippen LogP contribution in [0, 0.1) is 20.8 Å². The van der Waals surface area contributed by atoms with Gasteiger partial charge in [0, 0.05) is 17.1 Å². The molecule has 0 aliphatic carbocycles. The number of hydrogen-bond acceptors (Lipinski definition) is 5. The van der Waals surface area contributed by atoms with Gasteiger partial charge >= 0.3 is 5.97 Å². The van der Waals surface area contributed by atoms with Crippen LogP contribution in [0.15, 0.2) is 60.2 Å². The highest BCUT2D eigenvalue weighted by molar-refractivity contribution is 7.80. The molecule has 0 saturated carbocycles. The van der Waals surface area contributed by atoms with Crippen LogP contribution in [0.25, 0.3) is 11.8 Å². The van der Waals surface area contributed by atoms with Crippen LogP contribution in [0.2, 0.25) is 0 Å². The molecule has 1 aliphatic rings. The Kier molecular flexibility index (Phi) is 6.66. The lowest BCUT2D eigenvalue weighted by atomic mass is 10.1. The molecule has 3 aromatic rings. The minimum absolute atomic E-state index is 0.0142. The first-order valence-corrected chi connectivity index (χ1v) is 11.6. The molecule has 35 heavy (non-hydrogen) atoms. The second kappa shape index (κ2) is 9.68. The maximum atomic E-state index is 13.3. The minimum atomic E-state index is -0.544. The van der Waals surface area contributed by atoms with Crippen LogP contribution < -0.4 is 10.2 Å². The van der Waals surface area contributed by atoms with Crippen molar-refractivity contribution in [2.24, 2.45) is 0 Å². The van der Waals surface area contributed by atoms with Crippen molar-refractivity contribution in [1.82, 2.24) is 9.88 Å². The molecule has 7 nitrogen and oxygen atoms in total. The molecule has 178 valence electrons. The summed E-state index contributed by atoms with van der Waals surface area (Å²) in [5, 5.41) is 2.66. The van der Waals surface area contributed by atoms with Crippen LogP contribution >= 0.6 is 12.2 Å². The maximum absolute atomic E-state index is 13.3. The van der Waals surface area contributed by atoms with E-state index in [1.807, 2.05) is 49.6 Å². The molecule has 0 radical (unpaired) electrons. The zero-order chi connectivity index (χ0) is 25.3. The number of anilines is 1. The summed E-state index contributed by atoms with van der Waals surface area (Å²) in [6, 6.07) is 16.4. The number of benzene rings is 2. The quantitative estimate of drug-likeness (QED) is 0.250. The number of nitrogens with one attached hydrogen (secondary N) is 1. The largest absolute Gasteiger partial charge is 0.462 e. The number of esters is 1. The van der Waals surface area contributed by atoms with Crippen molar-refractivity contribution in [3.05, 3.63) is 88.2 Å². The third-order valence-corrected chi connectivity index (χ3v) is 6.06. The van der Waals surface area contributed by atoms with Crippen molar-refractivity contribution in [1.29, 1.82) is 0 Å². The number of aromatic nitrogens is 1. The van der Waals surface area contributed by atoms with Gasteiger partial charge in [-0.05, 0) is 88.0 Å². The number of nitrogens with zero attached hydrogens (tertiary/aromatic N) is 2. The number of rotatable bonds is 5. The smallest absolute Gasteiger partial charge is 0.338 e. The van der Waals surface area contributed by atoms with Gasteiger partial charge in [0.1, 0.15) is 5.57 Å². The first kappa shape index (κ1) is 24.1. The van der Waals surface area contributed by atoms with Crippen molar-refractivity contribution in [2.45, 2.75) is 27.7 Å². The Labute approximate surface area is 209 Å². The predicted molar refractivity (Wildman–Crippen MR) is 139 cm³/mol. The van der Waals surface area contributed by atoms with Crippen molar-refractivity contribution >= 4 is 46.9 Å². The number of hydrogen-bond donors (Lipinski definition) is 1. The Morgan fingerprint density at radius 3 is 2.43 bits per heavy atom. The SMILES string of the molecule is CCOC(=O)c1cccc(-n2c(C)cc(/C=C3\C(=O)NC(=S)N(c4ccc(C)cc4)C3=O)c2C)c1. The fourth-order valence-corrected chi connectivity index (χ4v) is 4.34. The predicted octanol–water partition coefficient (Wildman–Crippen LogP) is 4.41. The minimum Gasteiger partial charge on any atom is -0.462 e. The van der Waals surface area contributed by atoms with Crippen molar-refractivity contribution in [2.75, 3.05) is 11.5 Å². The summed E-state index contributed by atoms with van der Waals surface area (Å²) < 4.78 is 7.08. The van der Waals surface area contributed by atoms with Gasteiger partial charge in [0.15, 0.2) is 5.11 Å². The van der Waals surface area contributed by atoms with E-state index in [4.69, 9.17) is 17.0 Å². The Hall–Kier alpha value is -4.04. The van der Waals surface area contributed by atoms with Gasteiger partial charge in [0.25, 0.3) is 11.8 Å². The Balaban J connectivity index is 1.73. The second-order valence-electron chi connectivity index (χ2n) is 8.23. The van der Waals surface area contributed by atoms with Crippen molar-refractivity contribution in [3.63, 3.8) is 0 Å². The average Bonchev–Trinajstić information content (AvgIpc) is 3.10. The number of thiocarbonyl (C=S) groups is 1. The van der Waals surface area contributed by atoms with Gasteiger partial charge in [-0.3, -0.25) is 19.8 Å². The van der Waals surface area contributed by atoms with E-state index in [-0.39, 0.29) is 10.7 Å². The molecule has 0 bridgehead atoms. The molecular weight excluding hydrogens is 462 g/mol. The van der Waals surface area contributed by atoms with Gasteiger partial charge in [-0.1, -0.05) is 23.8 Å². The van der Waals surface area contributed by atoms with Gasteiger partial charge < -0.3 is 9.30 Å². The maximum Gasteiger partial charge on any atom is 0.338 e. The van der Waals surface area contributed by atoms with Crippen LogP contribution in [0.1, 0.15) is 39.8 Å². The van der Waals surface area contributed by atoms with Gasteiger partial charge in [-0.15, -0.1) is 0 Å². The highest BCUT2D eigenvalue weighted by Crippen LogP contribution is 2.26. The fourth-order valence-electron chi connectivity index (χ4n) is 4.06. The summed E-state index contributed by atoms with van der Waals surface area (Å²) in [5.41, 5.74) is 5.23. The Morgan fingerprint density at radius 1 is 1.03 bits per heavy atom. The molecule has 2 amide bonds. The summed E-state index contributed by atoms with van der Waals surface area (Å²) in [4.78, 5) is 39.6. The Morgan fingerprint density at radius 2 is 1.74 bits per heavy atom. The molecule has 0 atom stereocenters. The first-order chi connectivity index (χ1) is 16.7. The van der Waals surface area contributed by atoms with E-state index >= 15 is 0 Å². The van der Waals surface area contributed by atoms with Gasteiger partial charge in [0.05, 0.1) is 17.9 Å². The van der Waals surface area contributed by atoms with Crippen LogP contribution in [-0.4, -0.2) is 34.1 Å². The molecule has 2 heterocycles. The van der Waals surface area contributed by atoms with Gasteiger partial charge in [0.2, 0.25) is 0 Å². The number of ether oxygens (including phenoxy) is 1. The standard InChI is InChI=1S/C27H25N3O4S/c1-5-34-26(33)19-7-6-8-22(14-19)29-17(3)13-20(18(29)4)15-23-24(31)28-27(35)30(25(23)32)21-11-9-16(2)10-12-21/h6-15H,5H2,1-4H3,(H,28,31,35)/b23-15+. The third-order valence-electron chi connectivity index (χ3n) is 5.78. The zero-order valence-corrected chi connectivity index (χ0v) is 20.7. The lowest BCUT2D eigenvalue weighted by Gasteiger charge is -2.29. The van der Waals surface area contributed by atoms with Crippen molar-refractivity contribution < 1.29 is 19.1 Å². The molecule has 8 heteroatoms. The lowest BCUT2D eigenvalue weighted by Crippen LogP contribution is -2.54. The van der Waals surface area contributed by atoms with Crippen LogP contribution in [0.3, 0.4) is 0 Å². The summed E-state index contributed by atoms with van der Waals surface area (Å²) in [5.74, 6) is -1.43. The van der Waals surface area contributed by atoms with E-state index in [1.165, 1.54) is 4.90 Å². The van der Waals surface area contributed by atoms with Crippen LogP contribution in [0.4, 0.5) is 5.69 Å². The molecule has 1 aliphatic heterocycles. The third kappa shape index (κ3) is 4.65. The van der Waals surface area contributed by atoms with Gasteiger partial charge in [-0.2, -0.15) is 0 Å². The van der Waals surface area contributed by atoms with Gasteiger partial charge in [-0.25, -0.2) is 4.79 Å². The number of carbonyl (C=O) groups excluding carboxylic acids is 3. The topological polar surface area (TPSA) is 80.6 Å². The molecule has 1 fully saturated rings. The average molecular weight is 488 g/mol. The van der Waals surface area contributed by atoms with Crippen LogP contribution in [-0.2, 0) is 14.3 Å². The number of amides is 2. The Bertz CT molecular complexity index is 1390. The molecule has 1 saturated heterocycles.